The number of carbonyl (C=O) groups is 1. The number of aromatic amines is 1. The van der Waals surface area contributed by atoms with Crippen molar-refractivity contribution in [2.75, 3.05) is 31.1 Å². The highest BCUT2D eigenvalue weighted by Crippen LogP contribution is 2.43. The van der Waals surface area contributed by atoms with E-state index in [4.69, 9.17) is 4.74 Å². The van der Waals surface area contributed by atoms with Gasteiger partial charge in [-0.3, -0.25) is 10.00 Å². The molecule has 0 unspecified atom stereocenters. The number of amides is 1. The van der Waals surface area contributed by atoms with E-state index in [0.717, 1.165) is 29.0 Å². The lowest BCUT2D eigenvalue weighted by atomic mass is 9.97. The number of nitrogens with one attached hydrogen (secondary N) is 1. The van der Waals surface area contributed by atoms with Gasteiger partial charge in [-0.1, -0.05) is 23.5 Å². The van der Waals surface area contributed by atoms with Gasteiger partial charge in [-0.25, -0.2) is 4.79 Å². The molecule has 228 valence electrons. The number of aliphatic hydroxyl groups excluding tert-OH is 1. The number of rotatable bonds is 5. The number of ether oxygens (including phenoxy) is 1. The zero-order chi connectivity index (χ0) is 31.1. The van der Waals surface area contributed by atoms with Gasteiger partial charge in [0.1, 0.15) is 16.2 Å². The Labute approximate surface area is 248 Å². The molecule has 2 aromatic carbocycles. The fourth-order valence-corrected chi connectivity index (χ4v) is 5.85. The SMILES string of the molecule is CC(C)(C)OC(=O)N1CCN(c2nc(O)c(C(=Cc3ccc(O)cc3C(F)(F)F)c3ccc4[nH]ncc4c3)s2)C[C@@H]1CO. The van der Waals surface area contributed by atoms with Crippen LogP contribution in [0.1, 0.15) is 42.3 Å². The van der Waals surface area contributed by atoms with Gasteiger partial charge in [0.05, 0.1) is 29.9 Å². The Hall–Kier alpha value is -4.30. The van der Waals surface area contributed by atoms with Crippen molar-refractivity contribution < 1.29 is 38.0 Å². The minimum atomic E-state index is -4.75. The average Bonchev–Trinajstić information content (AvgIpc) is 3.56. The van der Waals surface area contributed by atoms with Crippen LogP contribution >= 0.6 is 11.3 Å². The Morgan fingerprint density at radius 2 is 1.93 bits per heavy atom. The minimum absolute atomic E-state index is 0.193. The van der Waals surface area contributed by atoms with Crippen LogP contribution in [0.25, 0.3) is 22.6 Å². The predicted octanol–water partition coefficient (Wildman–Crippen LogP) is 5.46. The van der Waals surface area contributed by atoms with Gasteiger partial charge in [-0.05, 0) is 62.2 Å². The van der Waals surface area contributed by atoms with Crippen LogP contribution in [0.3, 0.4) is 0 Å². The molecule has 14 heteroatoms. The average molecular weight is 618 g/mol. The molecule has 1 fully saturated rings. The standard InChI is InChI=1S/C29H30F3N5O5S/c1-28(2,3)42-27(41)37-9-8-36(14-19(37)15-38)26-34-25(40)24(43-26)21(16-5-7-23-18(10-16)13-33-35-23)11-17-4-6-20(39)12-22(17)29(30,31)32/h4-7,10-13,19,38-40H,8-9,14-15H2,1-3H3,(H,33,35)/t19-/m1/s1. The maximum Gasteiger partial charge on any atom is 0.417 e. The lowest BCUT2D eigenvalue weighted by Crippen LogP contribution is -2.57. The number of hydrogen-bond acceptors (Lipinski definition) is 9. The summed E-state index contributed by atoms with van der Waals surface area (Å²) >= 11 is 1.07. The Balaban J connectivity index is 1.54. The van der Waals surface area contributed by atoms with E-state index in [1.807, 2.05) is 0 Å². The van der Waals surface area contributed by atoms with E-state index in [1.54, 1.807) is 50.1 Å². The second-order valence-corrected chi connectivity index (χ2v) is 12.1. The van der Waals surface area contributed by atoms with E-state index in [1.165, 1.54) is 11.0 Å². The van der Waals surface area contributed by atoms with Gasteiger partial charge in [-0.2, -0.15) is 23.3 Å². The first-order valence-corrected chi connectivity index (χ1v) is 14.2. The van der Waals surface area contributed by atoms with Crippen molar-refractivity contribution in [1.82, 2.24) is 20.1 Å². The zero-order valence-corrected chi connectivity index (χ0v) is 24.3. The highest BCUT2D eigenvalue weighted by Gasteiger charge is 2.36. The molecule has 0 spiro atoms. The lowest BCUT2D eigenvalue weighted by Gasteiger charge is -2.40. The van der Waals surface area contributed by atoms with E-state index in [2.05, 4.69) is 15.2 Å². The summed E-state index contributed by atoms with van der Waals surface area (Å²) in [5.41, 5.74) is -0.474. The summed E-state index contributed by atoms with van der Waals surface area (Å²) in [5, 5.41) is 38.8. The van der Waals surface area contributed by atoms with Crippen molar-refractivity contribution >= 4 is 45.1 Å². The van der Waals surface area contributed by atoms with Crippen LogP contribution in [-0.4, -0.2) is 79.4 Å². The summed E-state index contributed by atoms with van der Waals surface area (Å²) in [6.07, 6.45) is -2.42. The van der Waals surface area contributed by atoms with Crippen molar-refractivity contribution in [3.8, 4) is 11.6 Å². The number of aromatic hydroxyl groups is 2. The van der Waals surface area contributed by atoms with Crippen molar-refractivity contribution in [1.29, 1.82) is 0 Å². The largest absolute Gasteiger partial charge is 0.508 e. The van der Waals surface area contributed by atoms with Gasteiger partial charge in [0, 0.05) is 30.6 Å². The minimum Gasteiger partial charge on any atom is -0.508 e. The number of anilines is 1. The number of aliphatic hydroxyl groups is 1. The van der Waals surface area contributed by atoms with Crippen LogP contribution < -0.4 is 4.90 Å². The van der Waals surface area contributed by atoms with Crippen molar-refractivity contribution in [3.63, 3.8) is 0 Å². The maximum absolute atomic E-state index is 14.0. The Morgan fingerprint density at radius 3 is 2.63 bits per heavy atom. The second-order valence-electron chi connectivity index (χ2n) is 11.1. The molecule has 4 N–H and O–H groups in total. The molecule has 1 aliphatic heterocycles. The van der Waals surface area contributed by atoms with Gasteiger partial charge in [0.15, 0.2) is 5.13 Å². The monoisotopic (exact) mass is 617 g/mol. The number of phenols is 1. The third-order valence-corrected chi connectivity index (χ3v) is 7.97. The van der Waals surface area contributed by atoms with Gasteiger partial charge < -0.3 is 25.0 Å². The topological polar surface area (TPSA) is 135 Å². The number of alkyl halides is 3. The van der Waals surface area contributed by atoms with Gasteiger partial charge >= 0.3 is 12.3 Å². The quantitative estimate of drug-likeness (QED) is 0.217. The summed E-state index contributed by atoms with van der Waals surface area (Å²) in [6, 6.07) is 7.53. The molecule has 10 nitrogen and oxygen atoms in total. The molecule has 0 bridgehead atoms. The normalized spacial score (nSPS) is 16.6. The highest BCUT2D eigenvalue weighted by atomic mass is 32.1. The van der Waals surface area contributed by atoms with Crippen molar-refractivity contribution in [3.05, 3.63) is 64.2 Å². The third kappa shape index (κ3) is 6.54. The highest BCUT2D eigenvalue weighted by molar-refractivity contribution is 7.17. The maximum atomic E-state index is 14.0. The van der Waals surface area contributed by atoms with E-state index in [9.17, 15) is 33.3 Å². The smallest absolute Gasteiger partial charge is 0.417 e. The van der Waals surface area contributed by atoms with Crippen molar-refractivity contribution in [2.24, 2.45) is 0 Å². The molecular formula is C29H30F3N5O5S. The Morgan fingerprint density at radius 1 is 1.16 bits per heavy atom. The zero-order valence-electron chi connectivity index (χ0n) is 23.5. The summed E-state index contributed by atoms with van der Waals surface area (Å²) in [5.74, 6) is -0.918. The molecule has 1 amide bonds. The summed E-state index contributed by atoms with van der Waals surface area (Å²) in [6.45, 7) is 5.65. The molecule has 2 aromatic heterocycles. The molecule has 0 aliphatic carbocycles. The number of halogens is 3. The first kappa shape index (κ1) is 30.2. The Bertz CT molecular complexity index is 1680. The lowest BCUT2D eigenvalue weighted by molar-refractivity contribution is -0.137. The molecule has 1 saturated heterocycles. The third-order valence-electron chi connectivity index (χ3n) is 6.83. The number of phenolic OH excluding ortho intramolecular Hbond substituents is 1. The molecule has 0 saturated carbocycles. The number of hydrogen-bond donors (Lipinski definition) is 4. The van der Waals surface area contributed by atoms with Crippen LogP contribution in [0.15, 0.2) is 42.6 Å². The molecule has 43 heavy (non-hydrogen) atoms. The molecular weight excluding hydrogens is 587 g/mol. The summed E-state index contributed by atoms with van der Waals surface area (Å²) in [7, 11) is 0. The van der Waals surface area contributed by atoms with Crippen LogP contribution in [0.5, 0.6) is 11.6 Å². The van der Waals surface area contributed by atoms with Crippen LogP contribution in [0.2, 0.25) is 0 Å². The molecule has 1 aliphatic rings. The number of fused-ring (bicyclic) bond motifs is 1. The van der Waals surface area contributed by atoms with Gasteiger partial charge in [-0.15, -0.1) is 0 Å². The second kappa shape index (κ2) is 11.4. The number of H-pyrrole nitrogens is 1. The number of nitrogens with zero attached hydrogens (tertiary/aromatic N) is 4. The van der Waals surface area contributed by atoms with E-state index in [-0.39, 0.29) is 41.6 Å². The molecule has 4 aromatic rings. The summed E-state index contributed by atoms with van der Waals surface area (Å²) in [4.78, 5) is 20.5. The Kier molecular flexibility index (Phi) is 8.01. The fourth-order valence-electron chi connectivity index (χ4n) is 4.82. The first-order valence-electron chi connectivity index (χ1n) is 13.3. The molecule has 5 rings (SSSR count). The fraction of sp³-hybridized carbons (Fsp3) is 0.345. The van der Waals surface area contributed by atoms with Crippen LogP contribution in [-0.2, 0) is 10.9 Å². The van der Waals surface area contributed by atoms with Gasteiger partial charge in [0.25, 0.3) is 0 Å². The van der Waals surface area contributed by atoms with Crippen LogP contribution in [0, 0.1) is 0 Å². The predicted molar refractivity (Wildman–Crippen MR) is 156 cm³/mol. The van der Waals surface area contributed by atoms with Gasteiger partial charge in [0.2, 0.25) is 5.88 Å². The van der Waals surface area contributed by atoms with E-state index in [0.29, 0.717) is 28.7 Å². The summed E-state index contributed by atoms with van der Waals surface area (Å²) < 4.78 is 47.3. The van der Waals surface area contributed by atoms with E-state index >= 15 is 0 Å². The number of carbonyl (C=O) groups excluding carboxylic acids is 1. The molecule has 1 atom stereocenters. The van der Waals surface area contributed by atoms with Crippen molar-refractivity contribution in [2.45, 2.75) is 38.6 Å². The number of aromatic nitrogens is 3. The number of thiazole rings is 1. The van der Waals surface area contributed by atoms with Crippen LogP contribution in [0.4, 0.5) is 23.1 Å². The number of benzene rings is 2. The van der Waals surface area contributed by atoms with E-state index < -0.39 is 35.2 Å². The molecule has 0 radical (unpaired) electrons. The molecule has 3 heterocycles. The first-order chi connectivity index (χ1) is 20.2. The number of piperazine rings is 1.